The first kappa shape index (κ1) is 40.4. The zero-order valence-electron chi connectivity index (χ0n) is 32.9. The topological polar surface area (TPSA) is 231 Å². The van der Waals surface area contributed by atoms with E-state index in [1.165, 1.54) is 47.3 Å². The van der Waals surface area contributed by atoms with Gasteiger partial charge in [-0.1, -0.05) is 0 Å². The van der Waals surface area contributed by atoms with E-state index in [1.54, 1.807) is 27.9 Å². The third kappa shape index (κ3) is 5.47. The predicted molar refractivity (Wildman–Crippen MR) is 190 cm³/mol. The highest BCUT2D eigenvalue weighted by Crippen LogP contribution is 2.56. The third-order valence-corrected chi connectivity index (χ3v) is 12.6. The molecule has 6 N–H and O–H groups in total. The van der Waals surface area contributed by atoms with Crippen LogP contribution in [0.4, 0.5) is 0 Å². The Hall–Kier alpha value is -3.75. The molecular formula is C39H50NO16+. The van der Waals surface area contributed by atoms with Gasteiger partial charge < -0.3 is 68.3 Å². The average Bonchev–Trinajstić information content (AvgIpc) is 3.12. The van der Waals surface area contributed by atoms with Gasteiger partial charge in [0.1, 0.15) is 58.7 Å². The van der Waals surface area contributed by atoms with Gasteiger partial charge >= 0.3 is 5.97 Å². The summed E-state index contributed by atoms with van der Waals surface area (Å²) in [6, 6.07) is 1.60. The summed E-state index contributed by atoms with van der Waals surface area (Å²) in [5.41, 5.74) is -6.48. The number of phenolic OH excluding ortho intramolecular Hbond substituents is 2. The molecule has 17 nitrogen and oxygen atoms in total. The van der Waals surface area contributed by atoms with Gasteiger partial charge in [0.05, 0.1) is 55.7 Å². The van der Waals surface area contributed by atoms with Crippen molar-refractivity contribution in [1.29, 1.82) is 0 Å². The predicted octanol–water partition coefficient (Wildman–Crippen LogP) is -0.279. The Morgan fingerprint density at radius 2 is 1.61 bits per heavy atom. The first-order chi connectivity index (χ1) is 26.2. The minimum absolute atomic E-state index is 0.0550. The molecule has 17 heteroatoms. The molecule has 2 aromatic rings. The van der Waals surface area contributed by atoms with Crippen LogP contribution >= 0.6 is 0 Å². The number of carbonyl (C=O) groups is 3. The van der Waals surface area contributed by atoms with E-state index in [0.717, 1.165) is 7.11 Å². The molecule has 2 aromatic carbocycles. The normalized spacial score (nSPS) is 38.6. The molecule has 0 spiro atoms. The Kier molecular flexibility index (Phi) is 9.88. The zero-order chi connectivity index (χ0) is 41.1. The fourth-order valence-electron chi connectivity index (χ4n) is 9.77. The van der Waals surface area contributed by atoms with Crippen molar-refractivity contribution in [2.45, 2.75) is 112 Å². The second kappa shape index (κ2) is 13.7. The average molecular weight is 789 g/mol. The fourth-order valence-corrected chi connectivity index (χ4v) is 9.77. The zero-order valence-corrected chi connectivity index (χ0v) is 32.9. The highest BCUT2D eigenvalue weighted by atomic mass is 16.7. The van der Waals surface area contributed by atoms with Crippen LogP contribution in [-0.2, 0) is 43.6 Å². The molecule has 56 heavy (non-hydrogen) atoms. The smallest absolute Gasteiger partial charge is 0.316 e. The van der Waals surface area contributed by atoms with Gasteiger partial charge in [0.25, 0.3) is 0 Å². The number of fused-ring (bicyclic) bond motifs is 8. The highest BCUT2D eigenvalue weighted by Gasteiger charge is 2.62. The van der Waals surface area contributed by atoms with E-state index in [0.29, 0.717) is 4.90 Å². The Labute approximate surface area is 322 Å². The van der Waals surface area contributed by atoms with Gasteiger partial charge in [-0.15, -0.1) is 0 Å². The van der Waals surface area contributed by atoms with Crippen molar-refractivity contribution in [3.8, 4) is 17.2 Å². The van der Waals surface area contributed by atoms with Gasteiger partial charge in [-0.2, -0.15) is 0 Å². The van der Waals surface area contributed by atoms with Crippen molar-refractivity contribution in [3.05, 3.63) is 51.1 Å². The number of likely N-dealkylation sites (N-methyl/N-ethyl adjacent to an activating group) is 1. The molecule has 3 aliphatic heterocycles. The molecule has 306 valence electrons. The Balaban J connectivity index is 1.40. The molecule has 13 atom stereocenters. The maximum absolute atomic E-state index is 14.8. The Morgan fingerprint density at radius 1 is 0.946 bits per heavy atom. The molecular weight excluding hydrogens is 738 g/mol. The summed E-state index contributed by atoms with van der Waals surface area (Å²) in [4.78, 5) is 43.5. The minimum Gasteiger partial charge on any atom is -0.507 e. The summed E-state index contributed by atoms with van der Waals surface area (Å²) in [6.45, 7) is 6.42. The lowest BCUT2D eigenvalue weighted by atomic mass is 9.68. The largest absolute Gasteiger partial charge is 0.507 e. The SMILES string of the molecule is COC(=O)[C@@H]1c2cc3c(c(O)c2[C@@H](O[C@@H]2O[C@@H](C)[C@H](OC)[C@@](C)(OC)[C@H]2OC)C[C@]1(C)O)C(=O)c1c(O)cc2c(c1C3=O)O[C@@H]1O[C@@]2(C)[C@H](O)[C@@H]([NH+](C)C)[C@@H]1O. The number of phenols is 2. The molecule has 7 rings (SSSR count). The summed E-state index contributed by atoms with van der Waals surface area (Å²) in [6.07, 6.45) is -9.05. The molecule has 3 heterocycles. The van der Waals surface area contributed by atoms with E-state index in [9.17, 15) is 39.9 Å². The number of aliphatic hydroxyl groups is 3. The van der Waals surface area contributed by atoms with Crippen molar-refractivity contribution in [2.75, 3.05) is 42.5 Å². The number of esters is 1. The lowest BCUT2D eigenvalue weighted by Crippen LogP contribution is -3.14. The molecule has 2 aliphatic carbocycles. The molecule has 5 aliphatic rings. The van der Waals surface area contributed by atoms with E-state index in [-0.39, 0.29) is 34.4 Å². The number of ketones is 2. The maximum atomic E-state index is 14.8. The van der Waals surface area contributed by atoms with Crippen molar-refractivity contribution < 1.29 is 82.7 Å². The van der Waals surface area contributed by atoms with Crippen molar-refractivity contribution in [3.63, 3.8) is 0 Å². The molecule has 0 radical (unpaired) electrons. The van der Waals surface area contributed by atoms with Gasteiger partial charge in [0.15, 0.2) is 18.2 Å². The van der Waals surface area contributed by atoms with Gasteiger partial charge in [-0.05, 0) is 45.4 Å². The number of ether oxygens (including phenoxy) is 8. The number of hydrogen-bond donors (Lipinski definition) is 6. The summed E-state index contributed by atoms with van der Waals surface area (Å²) in [7, 11) is 9.01. The number of carbonyl (C=O) groups excluding carboxylic acids is 3. The summed E-state index contributed by atoms with van der Waals surface area (Å²) < 4.78 is 47.4. The number of hydrogen-bond acceptors (Lipinski definition) is 16. The molecule has 2 saturated heterocycles. The van der Waals surface area contributed by atoms with E-state index in [4.69, 9.17) is 37.9 Å². The third-order valence-electron chi connectivity index (χ3n) is 12.6. The van der Waals surface area contributed by atoms with Crippen LogP contribution in [0.15, 0.2) is 12.1 Å². The maximum Gasteiger partial charge on any atom is 0.316 e. The molecule has 0 amide bonds. The molecule has 0 unspecified atom stereocenters. The number of nitrogens with one attached hydrogen (secondary N) is 1. The number of rotatable bonds is 7. The monoisotopic (exact) mass is 788 g/mol. The standard InChI is InChI=1S/C39H49NO16/c1-14-32(49-7)39(4,52-10)33(50-8)36(53-14)54-19-13-37(2,48)24(34(47)51-9)15-11-16-21(27(43)20(15)19)28(44)22-18(41)12-17-30(23(22)26(16)42)55-35-29(45)25(40(5)6)31(46)38(17,3)56-35/h11-12,14,19,24-25,29,31-33,35-36,41,43,45-46,48H,13H2,1-10H3/p+1/t14-,19-,24-,25-,29-,31+,32-,33-,35+,36-,37-,38+,39+/m0/s1. The van der Waals surface area contributed by atoms with Crippen LogP contribution in [0.2, 0.25) is 0 Å². The number of aromatic hydroxyl groups is 2. The second-order valence-corrected chi connectivity index (χ2v) is 16.1. The van der Waals surface area contributed by atoms with Gasteiger partial charge in [0.2, 0.25) is 12.1 Å². The Morgan fingerprint density at radius 3 is 2.20 bits per heavy atom. The molecule has 2 fully saturated rings. The summed E-state index contributed by atoms with van der Waals surface area (Å²) in [5, 5.41) is 58.4. The summed E-state index contributed by atoms with van der Waals surface area (Å²) in [5.74, 6) is -5.81. The number of quaternary nitrogens is 1. The number of benzene rings is 2. The molecule has 0 saturated carbocycles. The first-order valence-corrected chi connectivity index (χ1v) is 18.4. The van der Waals surface area contributed by atoms with Crippen LogP contribution in [-0.4, -0.2) is 146 Å². The van der Waals surface area contributed by atoms with E-state index in [1.807, 2.05) is 0 Å². The Bertz CT molecular complexity index is 1980. The number of methoxy groups -OCH3 is 4. The van der Waals surface area contributed by atoms with Crippen LogP contribution in [0.5, 0.6) is 17.2 Å². The second-order valence-electron chi connectivity index (χ2n) is 16.1. The van der Waals surface area contributed by atoms with Crippen LogP contribution < -0.4 is 9.64 Å². The fraction of sp³-hybridized carbons (Fsp3) is 0.615. The van der Waals surface area contributed by atoms with Gasteiger partial charge in [-0.3, -0.25) is 14.4 Å². The van der Waals surface area contributed by atoms with Crippen LogP contribution in [0.1, 0.15) is 94.7 Å². The van der Waals surface area contributed by atoms with Gasteiger partial charge in [-0.25, -0.2) is 0 Å². The number of aliphatic hydroxyl groups excluding tert-OH is 2. The highest BCUT2D eigenvalue weighted by molar-refractivity contribution is 6.31. The van der Waals surface area contributed by atoms with Crippen molar-refractivity contribution >= 4 is 17.5 Å². The quantitative estimate of drug-likeness (QED) is 0.169. The van der Waals surface area contributed by atoms with Crippen molar-refractivity contribution in [1.82, 2.24) is 0 Å². The van der Waals surface area contributed by atoms with Gasteiger partial charge in [0, 0.05) is 44.4 Å². The van der Waals surface area contributed by atoms with E-state index < -0.39 is 124 Å². The molecule has 2 bridgehead atoms. The van der Waals surface area contributed by atoms with E-state index in [2.05, 4.69) is 0 Å². The summed E-state index contributed by atoms with van der Waals surface area (Å²) >= 11 is 0. The lowest BCUT2D eigenvalue weighted by molar-refractivity contribution is -0.899. The minimum atomic E-state index is -1.91. The first-order valence-electron chi connectivity index (χ1n) is 18.4. The lowest BCUT2D eigenvalue weighted by Gasteiger charge is -2.52. The van der Waals surface area contributed by atoms with Crippen LogP contribution in [0.3, 0.4) is 0 Å². The van der Waals surface area contributed by atoms with Crippen LogP contribution in [0.25, 0.3) is 0 Å². The molecule has 0 aromatic heterocycles. The van der Waals surface area contributed by atoms with E-state index >= 15 is 0 Å². The van der Waals surface area contributed by atoms with Crippen LogP contribution in [0, 0.1) is 0 Å². The van der Waals surface area contributed by atoms with Crippen molar-refractivity contribution in [2.24, 2.45) is 0 Å².